The molecule has 1 N–H and O–H groups in total. The number of benzene rings is 2. The number of para-hydroxylation sites is 1. The van der Waals surface area contributed by atoms with E-state index in [-0.39, 0.29) is 11.3 Å². The van der Waals surface area contributed by atoms with Gasteiger partial charge in [-0.1, -0.05) is 62.8 Å². The summed E-state index contributed by atoms with van der Waals surface area (Å²) in [5, 5.41) is 19.4. The number of hydrogen-bond acceptors (Lipinski definition) is 3. The van der Waals surface area contributed by atoms with E-state index in [0.717, 1.165) is 22.0 Å². The van der Waals surface area contributed by atoms with Crippen LogP contribution in [-0.4, -0.2) is 15.6 Å². The number of allylic oxidation sites excluding steroid dienone is 2. The molecule has 2 aromatic carbocycles. The molecule has 5 heteroatoms. The molecule has 0 unspecified atom stereocenters. The van der Waals surface area contributed by atoms with Crippen LogP contribution in [0.2, 0.25) is 0 Å². The lowest BCUT2D eigenvalue weighted by atomic mass is 9.87. The fourth-order valence-corrected chi connectivity index (χ4v) is 3.09. The Kier molecular flexibility index (Phi) is 5.69. The molecule has 3 aromatic rings. The van der Waals surface area contributed by atoms with Gasteiger partial charge in [0.05, 0.1) is 5.52 Å². The molecule has 1 heterocycles. The summed E-state index contributed by atoms with van der Waals surface area (Å²) in [5.41, 5.74) is 3.93. The molecule has 0 aliphatic carbocycles. The van der Waals surface area contributed by atoms with E-state index in [0.29, 0.717) is 17.8 Å². The van der Waals surface area contributed by atoms with E-state index in [1.165, 1.54) is 0 Å². The van der Waals surface area contributed by atoms with Crippen LogP contribution in [0, 0.1) is 0 Å². The normalized spacial score (nSPS) is 11.9. The summed E-state index contributed by atoms with van der Waals surface area (Å²) in [6, 6.07) is 15.0. The zero-order chi connectivity index (χ0) is 21.2. The highest BCUT2D eigenvalue weighted by molar-refractivity contribution is 5.97. The summed E-state index contributed by atoms with van der Waals surface area (Å²) in [5.74, 6) is -0.436. The fourth-order valence-electron chi connectivity index (χ4n) is 3.09. The SMILES string of the molecule is CC(C)=CCn1c(O)c(N=NC(=O)c2ccc(C(C)(C)C)cc2)c2ccccc21. The second-order valence-corrected chi connectivity index (χ2v) is 8.41. The zero-order valence-corrected chi connectivity index (χ0v) is 17.6. The summed E-state index contributed by atoms with van der Waals surface area (Å²) in [6.45, 7) is 10.9. The molecule has 150 valence electrons. The molecule has 0 fully saturated rings. The number of amides is 1. The topological polar surface area (TPSA) is 66.9 Å². The first-order valence-electron chi connectivity index (χ1n) is 9.68. The van der Waals surface area contributed by atoms with Gasteiger partial charge in [0, 0.05) is 17.5 Å². The van der Waals surface area contributed by atoms with Gasteiger partial charge in [0.1, 0.15) is 0 Å². The van der Waals surface area contributed by atoms with Gasteiger partial charge in [-0.2, -0.15) is 0 Å². The zero-order valence-electron chi connectivity index (χ0n) is 17.6. The highest BCUT2D eigenvalue weighted by atomic mass is 16.3. The van der Waals surface area contributed by atoms with Gasteiger partial charge < -0.3 is 9.67 Å². The van der Waals surface area contributed by atoms with Crippen molar-refractivity contribution in [3.05, 3.63) is 71.3 Å². The lowest BCUT2D eigenvalue weighted by molar-refractivity contribution is 0.0995. The predicted octanol–water partition coefficient (Wildman–Crippen LogP) is 6.53. The second-order valence-electron chi connectivity index (χ2n) is 8.41. The molecule has 0 aliphatic rings. The van der Waals surface area contributed by atoms with Gasteiger partial charge in [0.15, 0.2) is 5.69 Å². The highest BCUT2D eigenvalue weighted by Gasteiger charge is 2.17. The minimum atomic E-state index is -0.439. The van der Waals surface area contributed by atoms with Crippen LogP contribution in [0.4, 0.5) is 5.69 Å². The maximum atomic E-state index is 12.5. The first kappa shape index (κ1) is 20.5. The van der Waals surface area contributed by atoms with Crippen molar-refractivity contribution in [1.29, 1.82) is 0 Å². The van der Waals surface area contributed by atoms with Crippen molar-refractivity contribution in [3.63, 3.8) is 0 Å². The average molecular weight is 389 g/mol. The van der Waals surface area contributed by atoms with E-state index in [1.807, 2.05) is 56.3 Å². The Morgan fingerprint density at radius 3 is 2.34 bits per heavy atom. The van der Waals surface area contributed by atoms with Gasteiger partial charge in [-0.15, -0.1) is 10.2 Å². The average Bonchev–Trinajstić information content (AvgIpc) is 2.94. The van der Waals surface area contributed by atoms with Crippen molar-refractivity contribution >= 4 is 22.5 Å². The maximum absolute atomic E-state index is 12.5. The first-order valence-corrected chi connectivity index (χ1v) is 9.68. The van der Waals surface area contributed by atoms with E-state index >= 15 is 0 Å². The molecule has 5 nitrogen and oxygen atoms in total. The van der Waals surface area contributed by atoms with Crippen LogP contribution in [0.25, 0.3) is 10.9 Å². The van der Waals surface area contributed by atoms with Gasteiger partial charge in [-0.3, -0.25) is 4.79 Å². The van der Waals surface area contributed by atoms with Gasteiger partial charge in [-0.25, -0.2) is 0 Å². The quantitative estimate of drug-likeness (QED) is 0.407. The molecular formula is C24H27N3O2. The van der Waals surface area contributed by atoms with Crippen LogP contribution in [0.5, 0.6) is 5.88 Å². The lowest BCUT2D eigenvalue weighted by Gasteiger charge is -2.18. The van der Waals surface area contributed by atoms with Crippen LogP contribution in [0.1, 0.15) is 50.5 Å². The van der Waals surface area contributed by atoms with Gasteiger partial charge in [0.2, 0.25) is 5.88 Å². The molecule has 29 heavy (non-hydrogen) atoms. The van der Waals surface area contributed by atoms with Crippen molar-refractivity contribution in [2.24, 2.45) is 10.2 Å². The lowest BCUT2D eigenvalue weighted by Crippen LogP contribution is -2.11. The third-order valence-electron chi connectivity index (χ3n) is 4.84. The minimum Gasteiger partial charge on any atom is -0.493 e. The fraction of sp³-hybridized carbons (Fsp3) is 0.292. The van der Waals surface area contributed by atoms with Gasteiger partial charge >= 0.3 is 0 Å². The highest BCUT2D eigenvalue weighted by Crippen LogP contribution is 2.39. The Bertz CT molecular complexity index is 1090. The molecule has 0 saturated carbocycles. The Labute approximate surface area is 171 Å². The molecule has 0 bridgehead atoms. The molecule has 0 atom stereocenters. The molecule has 3 rings (SSSR count). The maximum Gasteiger partial charge on any atom is 0.295 e. The van der Waals surface area contributed by atoms with E-state index in [9.17, 15) is 9.90 Å². The van der Waals surface area contributed by atoms with E-state index < -0.39 is 5.91 Å². The number of azo groups is 1. The number of aromatic nitrogens is 1. The molecule has 1 aromatic heterocycles. The molecule has 0 aliphatic heterocycles. The number of fused-ring (bicyclic) bond motifs is 1. The monoisotopic (exact) mass is 389 g/mol. The number of aromatic hydroxyl groups is 1. The van der Waals surface area contributed by atoms with E-state index in [4.69, 9.17) is 0 Å². The Morgan fingerprint density at radius 2 is 1.72 bits per heavy atom. The van der Waals surface area contributed by atoms with Gasteiger partial charge in [-0.05, 0) is 43.0 Å². The van der Waals surface area contributed by atoms with Crippen molar-refractivity contribution in [2.75, 3.05) is 0 Å². The van der Waals surface area contributed by atoms with E-state index in [1.54, 1.807) is 16.7 Å². The van der Waals surface area contributed by atoms with Crippen LogP contribution in [0.15, 0.2) is 70.4 Å². The second kappa shape index (κ2) is 8.03. The summed E-state index contributed by atoms with van der Waals surface area (Å²) in [6.07, 6.45) is 2.02. The number of nitrogens with zero attached hydrogens (tertiary/aromatic N) is 3. The third-order valence-corrected chi connectivity index (χ3v) is 4.84. The minimum absolute atomic E-state index is 0.00308. The molecule has 1 amide bonds. The molecule has 0 radical (unpaired) electrons. The summed E-state index contributed by atoms with van der Waals surface area (Å²) in [4.78, 5) is 12.5. The Balaban J connectivity index is 1.93. The number of carbonyl (C=O) groups is 1. The standard InChI is InChI=1S/C24H27N3O2/c1-16(2)14-15-27-20-9-7-6-8-19(20)21(23(27)29)25-26-22(28)17-10-12-18(13-11-17)24(3,4)5/h6-14,29H,15H2,1-5H3. The van der Waals surface area contributed by atoms with Crippen molar-refractivity contribution < 1.29 is 9.90 Å². The Hall–Kier alpha value is -3.21. The molecule has 0 spiro atoms. The van der Waals surface area contributed by atoms with Crippen LogP contribution >= 0.6 is 0 Å². The Morgan fingerprint density at radius 1 is 1.07 bits per heavy atom. The van der Waals surface area contributed by atoms with Crippen LogP contribution < -0.4 is 0 Å². The summed E-state index contributed by atoms with van der Waals surface area (Å²) < 4.78 is 1.76. The summed E-state index contributed by atoms with van der Waals surface area (Å²) >= 11 is 0. The smallest absolute Gasteiger partial charge is 0.295 e. The number of carbonyl (C=O) groups excluding carboxylic acids is 1. The van der Waals surface area contributed by atoms with Crippen molar-refractivity contribution in [1.82, 2.24) is 4.57 Å². The number of rotatable bonds is 4. The largest absolute Gasteiger partial charge is 0.493 e. The predicted molar refractivity (Wildman–Crippen MR) is 117 cm³/mol. The third kappa shape index (κ3) is 4.45. The molecule has 0 saturated heterocycles. The van der Waals surface area contributed by atoms with Crippen molar-refractivity contribution in [3.8, 4) is 5.88 Å². The number of hydrogen-bond donors (Lipinski definition) is 1. The van der Waals surface area contributed by atoms with Gasteiger partial charge in [0.25, 0.3) is 5.91 Å². The van der Waals surface area contributed by atoms with Crippen molar-refractivity contribution in [2.45, 2.75) is 46.6 Å². The van der Waals surface area contributed by atoms with E-state index in [2.05, 4.69) is 31.0 Å². The first-order chi connectivity index (χ1) is 13.7. The van der Waals surface area contributed by atoms with Crippen LogP contribution in [0.3, 0.4) is 0 Å². The van der Waals surface area contributed by atoms with Crippen LogP contribution in [-0.2, 0) is 12.0 Å². The summed E-state index contributed by atoms with van der Waals surface area (Å²) in [7, 11) is 0. The molecular weight excluding hydrogens is 362 g/mol.